The highest BCUT2D eigenvalue weighted by atomic mass is 127. The molecule has 1 aliphatic rings. The van der Waals surface area contributed by atoms with Crippen LogP contribution in [0.4, 0.5) is 17.1 Å². The van der Waals surface area contributed by atoms with Crippen molar-refractivity contribution in [2.45, 2.75) is 6.92 Å². The molecule has 10 nitrogen and oxygen atoms in total. The molecule has 0 aromatic heterocycles. The number of non-ortho nitro benzene ring substituents is 2. The minimum Gasteiger partial charge on any atom is -0.289 e. The average molecular weight is 533 g/mol. The normalized spacial score (nSPS) is 11.1. The van der Waals surface area contributed by atoms with Crippen LogP contribution in [0.5, 0.6) is 0 Å². The fraction of sp³-hybridized carbons (Fsp3) is 0.0500. The van der Waals surface area contributed by atoms with Crippen LogP contribution < -0.4 is 0 Å². The Morgan fingerprint density at radius 2 is 1.26 bits per heavy atom. The molecule has 0 heterocycles. The van der Waals surface area contributed by atoms with E-state index in [4.69, 9.17) is 0 Å². The number of fused-ring (bicyclic) bond motifs is 3. The van der Waals surface area contributed by atoms with Gasteiger partial charge in [-0.15, -0.1) is 0 Å². The van der Waals surface area contributed by atoms with Gasteiger partial charge in [0.2, 0.25) is 0 Å². The molecule has 0 aliphatic heterocycles. The van der Waals surface area contributed by atoms with E-state index < -0.39 is 31.9 Å². The van der Waals surface area contributed by atoms with E-state index in [0.717, 1.165) is 18.2 Å². The van der Waals surface area contributed by atoms with Crippen LogP contribution >= 0.6 is 22.6 Å². The summed E-state index contributed by atoms with van der Waals surface area (Å²) in [7, 11) is 0. The lowest BCUT2D eigenvalue weighted by Crippen LogP contribution is -2.00. The van der Waals surface area contributed by atoms with Crippen LogP contribution in [-0.2, 0) is 0 Å². The first-order valence-electron chi connectivity index (χ1n) is 8.63. The van der Waals surface area contributed by atoms with Crippen LogP contribution in [0.1, 0.15) is 21.5 Å². The number of aryl methyl sites for hydroxylation is 1. The average Bonchev–Trinajstić information content (AvgIpc) is 3.01. The predicted molar refractivity (Wildman–Crippen MR) is 119 cm³/mol. The first-order chi connectivity index (χ1) is 14.6. The Bertz CT molecular complexity index is 1260. The Hall–Kier alpha value is -3.74. The number of carbonyl (C=O) groups is 1. The van der Waals surface area contributed by atoms with Crippen molar-refractivity contribution in [3.63, 3.8) is 0 Å². The fourth-order valence-electron chi connectivity index (χ4n) is 3.11. The van der Waals surface area contributed by atoms with Crippen molar-refractivity contribution in [1.82, 2.24) is 0 Å². The van der Waals surface area contributed by atoms with Gasteiger partial charge in [0.05, 0.1) is 26.4 Å². The third-order valence-electron chi connectivity index (χ3n) is 4.48. The minimum absolute atomic E-state index is 0.0510. The highest BCUT2D eigenvalue weighted by Gasteiger charge is 2.38. The summed E-state index contributed by atoms with van der Waals surface area (Å²) >= 11 is 1.74. The van der Waals surface area contributed by atoms with E-state index in [9.17, 15) is 35.1 Å². The van der Waals surface area contributed by atoms with E-state index in [1.165, 1.54) is 11.6 Å². The molecule has 156 valence electrons. The van der Waals surface area contributed by atoms with Crippen LogP contribution in [0, 0.1) is 40.8 Å². The van der Waals surface area contributed by atoms with Crippen LogP contribution in [0.25, 0.3) is 11.1 Å². The lowest BCUT2D eigenvalue weighted by atomic mass is 10.0. The summed E-state index contributed by atoms with van der Waals surface area (Å²) in [6.07, 6.45) is 0. The Kier molecular flexibility index (Phi) is 6.06. The quantitative estimate of drug-likeness (QED) is 0.199. The number of benzene rings is 3. The van der Waals surface area contributed by atoms with Gasteiger partial charge in [0, 0.05) is 38.5 Å². The van der Waals surface area contributed by atoms with Gasteiger partial charge < -0.3 is 0 Å². The van der Waals surface area contributed by atoms with Crippen molar-refractivity contribution in [2.24, 2.45) is 0 Å². The van der Waals surface area contributed by atoms with Crippen molar-refractivity contribution in [1.29, 1.82) is 0 Å². The number of nitro benzene ring substituents is 3. The van der Waals surface area contributed by atoms with Crippen LogP contribution in [0.3, 0.4) is 0 Å². The molecule has 0 saturated carbocycles. The van der Waals surface area contributed by atoms with E-state index in [-0.39, 0.29) is 31.5 Å². The maximum atomic E-state index is 12.5. The molecule has 0 amide bonds. The molecule has 0 N–H and O–H groups in total. The van der Waals surface area contributed by atoms with Crippen molar-refractivity contribution in [2.75, 3.05) is 0 Å². The van der Waals surface area contributed by atoms with Gasteiger partial charge in [-0.1, -0.05) is 35.9 Å². The predicted octanol–water partition coefficient (Wildman–Crippen LogP) is 5.22. The zero-order chi connectivity index (χ0) is 22.9. The van der Waals surface area contributed by atoms with E-state index in [1.54, 1.807) is 22.6 Å². The Balaban J connectivity index is 0.000000330. The van der Waals surface area contributed by atoms with Crippen molar-refractivity contribution in [3.8, 4) is 11.1 Å². The number of ketones is 1. The van der Waals surface area contributed by atoms with Crippen molar-refractivity contribution < 1.29 is 19.6 Å². The van der Waals surface area contributed by atoms with Gasteiger partial charge in [-0.3, -0.25) is 35.1 Å². The van der Waals surface area contributed by atoms with Crippen LogP contribution in [0.15, 0.2) is 54.6 Å². The number of halogens is 1. The summed E-state index contributed by atoms with van der Waals surface area (Å²) in [4.78, 5) is 43.3. The van der Waals surface area contributed by atoms with Gasteiger partial charge in [-0.2, -0.15) is 0 Å². The molecule has 0 atom stereocenters. The summed E-state index contributed by atoms with van der Waals surface area (Å²) in [6.45, 7) is 2.08. The zero-order valence-electron chi connectivity index (χ0n) is 15.8. The maximum absolute atomic E-state index is 12.5. The van der Waals surface area contributed by atoms with Gasteiger partial charge in [-0.25, -0.2) is 0 Å². The maximum Gasteiger partial charge on any atom is 0.284 e. The van der Waals surface area contributed by atoms with Gasteiger partial charge in [0.25, 0.3) is 17.1 Å². The summed E-state index contributed by atoms with van der Waals surface area (Å²) in [5.74, 6) is -0.714. The zero-order valence-corrected chi connectivity index (χ0v) is 17.9. The summed E-state index contributed by atoms with van der Waals surface area (Å²) in [5, 5.41) is 33.2. The number of nitrogens with zero attached hydrogens (tertiary/aromatic N) is 3. The van der Waals surface area contributed by atoms with Gasteiger partial charge >= 0.3 is 0 Å². The number of hydrogen-bond acceptors (Lipinski definition) is 7. The second-order valence-electron chi connectivity index (χ2n) is 6.49. The van der Waals surface area contributed by atoms with E-state index in [1.807, 2.05) is 18.2 Å². The van der Waals surface area contributed by atoms with Crippen molar-refractivity contribution >= 4 is 45.4 Å². The second kappa shape index (κ2) is 8.55. The molecule has 0 fully saturated rings. The monoisotopic (exact) mass is 533 g/mol. The molecular formula is C20H12IN3O7. The lowest BCUT2D eigenvalue weighted by Gasteiger charge is -2.04. The molecule has 11 heteroatoms. The van der Waals surface area contributed by atoms with Gasteiger partial charge in [0.1, 0.15) is 0 Å². The van der Waals surface area contributed by atoms with Crippen LogP contribution in [-0.4, -0.2) is 20.6 Å². The summed E-state index contributed by atoms with van der Waals surface area (Å²) in [6, 6.07) is 14.2. The number of carbonyl (C=O) groups excluding carboxylic acids is 1. The smallest absolute Gasteiger partial charge is 0.284 e. The van der Waals surface area contributed by atoms with Crippen molar-refractivity contribution in [3.05, 3.63) is 105 Å². The van der Waals surface area contributed by atoms with E-state index in [2.05, 4.69) is 19.1 Å². The Morgan fingerprint density at radius 3 is 1.71 bits per heavy atom. The molecule has 1 aliphatic carbocycles. The molecule has 0 saturated heterocycles. The molecule has 0 spiro atoms. The fourth-order valence-corrected chi connectivity index (χ4v) is 3.99. The minimum atomic E-state index is -0.836. The SMILES string of the molecule is Cc1ccccc1.O=C1c2cc([N+](=O)[O-])cc(I)c2-c2c1cc([N+](=O)[O-])cc2[N+](=O)[O-]. The van der Waals surface area contributed by atoms with Gasteiger partial charge in [0.15, 0.2) is 5.78 Å². The topological polar surface area (TPSA) is 146 Å². The molecule has 3 aromatic rings. The Morgan fingerprint density at radius 1 is 0.742 bits per heavy atom. The molecule has 4 rings (SSSR count). The standard InChI is InChI=1S/C13H4IN3O7.C7H8/c14-9-3-5(15(19)20)1-7-11(9)12-8(13(7)18)2-6(16(21)22)4-10(12)17(23)24;1-7-5-3-2-4-6-7/h1-4H;2-6H,1H3. The molecule has 0 radical (unpaired) electrons. The second-order valence-corrected chi connectivity index (χ2v) is 7.65. The number of rotatable bonds is 3. The highest BCUT2D eigenvalue weighted by molar-refractivity contribution is 14.1. The lowest BCUT2D eigenvalue weighted by molar-refractivity contribution is -0.393. The molecule has 0 unspecified atom stereocenters. The van der Waals surface area contributed by atoms with E-state index >= 15 is 0 Å². The highest BCUT2D eigenvalue weighted by Crippen LogP contribution is 2.47. The third-order valence-corrected chi connectivity index (χ3v) is 5.33. The third kappa shape index (κ3) is 4.26. The molecule has 31 heavy (non-hydrogen) atoms. The molecule has 3 aromatic carbocycles. The summed E-state index contributed by atoms with van der Waals surface area (Å²) < 4.78 is 0.279. The number of hydrogen-bond donors (Lipinski definition) is 0. The molecule has 0 bridgehead atoms. The summed E-state index contributed by atoms with van der Waals surface area (Å²) in [5.41, 5.74) is -0.340. The Labute approximate surface area is 188 Å². The van der Waals surface area contributed by atoms with E-state index in [0.29, 0.717) is 0 Å². The molecular weight excluding hydrogens is 521 g/mol. The van der Waals surface area contributed by atoms with Gasteiger partial charge in [-0.05, 0) is 29.5 Å². The number of nitro groups is 3. The van der Waals surface area contributed by atoms with Crippen LogP contribution in [0.2, 0.25) is 0 Å². The first-order valence-corrected chi connectivity index (χ1v) is 9.71. The largest absolute Gasteiger partial charge is 0.289 e. The first kappa shape index (κ1) is 22.0.